The second kappa shape index (κ2) is 5.49. The molecule has 1 unspecified atom stereocenters. The van der Waals surface area contributed by atoms with E-state index in [1.807, 2.05) is 0 Å². The van der Waals surface area contributed by atoms with Crippen molar-refractivity contribution in [3.05, 3.63) is 5.89 Å². The summed E-state index contributed by atoms with van der Waals surface area (Å²) in [7, 11) is 0. The fraction of sp³-hybridized carbons (Fsp3) is 0.833. The van der Waals surface area contributed by atoms with Crippen LogP contribution in [0.4, 0.5) is 6.01 Å². The third-order valence-corrected chi connectivity index (χ3v) is 3.30. The van der Waals surface area contributed by atoms with Gasteiger partial charge in [0.2, 0.25) is 5.89 Å². The molecule has 96 valence electrons. The highest BCUT2D eigenvalue weighted by atomic mass is 16.4. The normalized spacial score (nSPS) is 20.5. The quantitative estimate of drug-likeness (QED) is 0.847. The Morgan fingerprint density at radius 2 is 2.29 bits per heavy atom. The topological polar surface area (TPSA) is 54.2 Å². The molecule has 0 saturated carbocycles. The molecule has 1 atom stereocenters. The molecule has 1 aliphatic heterocycles. The number of hydrogen-bond acceptors (Lipinski definition) is 5. The molecule has 0 aromatic carbocycles. The SMILES string of the molecule is CCNCc1nnc(N2CCCC2C(C)C)o1. The van der Waals surface area contributed by atoms with E-state index in [-0.39, 0.29) is 0 Å². The number of nitrogens with zero attached hydrogens (tertiary/aromatic N) is 3. The lowest BCUT2D eigenvalue weighted by atomic mass is 10.0. The molecule has 1 N–H and O–H groups in total. The van der Waals surface area contributed by atoms with Crippen LogP contribution in [0.5, 0.6) is 0 Å². The van der Waals surface area contributed by atoms with E-state index in [4.69, 9.17) is 4.42 Å². The van der Waals surface area contributed by atoms with E-state index < -0.39 is 0 Å². The van der Waals surface area contributed by atoms with Crippen LogP contribution in [-0.4, -0.2) is 29.3 Å². The first kappa shape index (κ1) is 12.4. The standard InChI is InChI=1S/C12H22N4O/c1-4-13-8-11-14-15-12(17-11)16-7-5-6-10(16)9(2)3/h9-10,13H,4-8H2,1-3H3. The average molecular weight is 238 g/mol. The Bertz CT molecular complexity index is 350. The zero-order valence-corrected chi connectivity index (χ0v) is 10.9. The minimum Gasteiger partial charge on any atom is -0.407 e. The Labute approximate surface area is 103 Å². The van der Waals surface area contributed by atoms with Crippen molar-refractivity contribution >= 4 is 6.01 Å². The summed E-state index contributed by atoms with van der Waals surface area (Å²) in [6, 6.07) is 1.23. The smallest absolute Gasteiger partial charge is 0.318 e. The van der Waals surface area contributed by atoms with Gasteiger partial charge in [-0.15, -0.1) is 5.10 Å². The summed E-state index contributed by atoms with van der Waals surface area (Å²) in [5.41, 5.74) is 0. The van der Waals surface area contributed by atoms with Crippen LogP contribution in [0.25, 0.3) is 0 Å². The van der Waals surface area contributed by atoms with E-state index in [9.17, 15) is 0 Å². The zero-order chi connectivity index (χ0) is 12.3. The largest absolute Gasteiger partial charge is 0.407 e. The molecule has 1 fully saturated rings. The molecule has 0 bridgehead atoms. The van der Waals surface area contributed by atoms with Gasteiger partial charge in [-0.1, -0.05) is 25.9 Å². The second-order valence-corrected chi connectivity index (χ2v) is 4.91. The summed E-state index contributed by atoms with van der Waals surface area (Å²) in [5, 5.41) is 11.4. The van der Waals surface area contributed by atoms with Crippen LogP contribution >= 0.6 is 0 Å². The number of anilines is 1. The van der Waals surface area contributed by atoms with Crippen molar-refractivity contribution in [2.45, 2.75) is 46.2 Å². The van der Waals surface area contributed by atoms with Crippen molar-refractivity contribution in [1.82, 2.24) is 15.5 Å². The molecule has 1 aromatic rings. The van der Waals surface area contributed by atoms with Crippen LogP contribution in [0.3, 0.4) is 0 Å². The Balaban J connectivity index is 2.03. The van der Waals surface area contributed by atoms with Gasteiger partial charge in [-0.3, -0.25) is 0 Å². The van der Waals surface area contributed by atoms with Gasteiger partial charge in [-0.2, -0.15) is 0 Å². The highest BCUT2D eigenvalue weighted by Gasteiger charge is 2.30. The van der Waals surface area contributed by atoms with Crippen molar-refractivity contribution in [3.8, 4) is 0 Å². The molecule has 1 saturated heterocycles. The molecular formula is C12H22N4O. The summed E-state index contributed by atoms with van der Waals surface area (Å²) >= 11 is 0. The first-order valence-electron chi connectivity index (χ1n) is 6.52. The van der Waals surface area contributed by atoms with Gasteiger partial charge in [0.25, 0.3) is 0 Å². The number of rotatable bonds is 5. The lowest BCUT2D eigenvalue weighted by molar-refractivity contribution is 0.430. The molecule has 5 heteroatoms. The lowest BCUT2D eigenvalue weighted by Gasteiger charge is -2.25. The minimum atomic E-state index is 0.544. The summed E-state index contributed by atoms with van der Waals surface area (Å²) in [4.78, 5) is 2.26. The maximum Gasteiger partial charge on any atom is 0.318 e. The lowest BCUT2D eigenvalue weighted by Crippen LogP contribution is -2.33. The molecule has 1 aliphatic rings. The molecule has 2 heterocycles. The Hall–Kier alpha value is -1.10. The monoisotopic (exact) mass is 238 g/mol. The molecule has 0 aliphatic carbocycles. The van der Waals surface area contributed by atoms with Crippen LogP contribution < -0.4 is 10.2 Å². The summed E-state index contributed by atoms with van der Waals surface area (Å²) in [5.74, 6) is 1.30. The summed E-state index contributed by atoms with van der Waals surface area (Å²) < 4.78 is 5.69. The van der Waals surface area contributed by atoms with E-state index in [1.54, 1.807) is 0 Å². The maximum absolute atomic E-state index is 5.69. The third-order valence-electron chi connectivity index (χ3n) is 3.30. The van der Waals surface area contributed by atoms with E-state index >= 15 is 0 Å². The fourth-order valence-electron chi connectivity index (χ4n) is 2.39. The minimum absolute atomic E-state index is 0.544. The van der Waals surface area contributed by atoms with E-state index in [0.29, 0.717) is 30.4 Å². The van der Waals surface area contributed by atoms with Gasteiger partial charge in [-0.05, 0) is 25.3 Å². The highest BCUT2D eigenvalue weighted by molar-refractivity contribution is 5.29. The van der Waals surface area contributed by atoms with Gasteiger partial charge in [0.1, 0.15) is 0 Å². The van der Waals surface area contributed by atoms with Crippen LogP contribution in [0.2, 0.25) is 0 Å². The summed E-state index contributed by atoms with van der Waals surface area (Å²) in [6.07, 6.45) is 2.44. The zero-order valence-electron chi connectivity index (χ0n) is 10.9. The summed E-state index contributed by atoms with van der Waals surface area (Å²) in [6.45, 7) is 9.16. The Kier molecular flexibility index (Phi) is 3.99. The highest BCUT2D eigenvalue weighted by Crippen LogP contribution is 2.28. The first-order chi connectivity index (χ1) is 8.22. The van der Waals surface area contributed by atoms with Crippen molar-refractivity contribution in [2.75, 3.05) is 18.0 Å². The van der Waals surface area contributed by atoms with Gasteiger partial charge in [0, 0.05) is 12.6 Å². The van der Waals surface area contributed by atoms with E-state index in [2.05, 4.69) is 41.2 Å². The molecule has 1 aromatic heterocycles. The molecule has 2 rings (SSSR count). The molecule has 5 nitrogen and oxygen atoms in total. The number of hydrogen-bond donors (Lipinski definition) is 1. The van der Waals surface area contributed by atoms with Crippen LogP contribution in [0.15, 0.2) is 4.42 Å². The van der Waals surface area contributed by atoms with Crippen molar-refractivity contribution in [3.63, 3.8) is 0 Å². The van der Waals surface area contributed by atoms with Crippen LogP contribution in [0.1, 0.15) is 39.5 Å². The number of aromatic nitrogens is 2. The molecule has 0 spiro atoms. The Morgan fingerprint density at radius 3 is 3.00 bits per heavy atom. The third kappa shape index (κ3) is 2.77. The van der Waals surface area contributed by atoms with Gasteiger partial charge in [0.05, 0.1) is 6.54 Å². The Morgan fingerprint density at radius 1 is 1.47 bits per heavy atom. The predicted octanol–water partition coefficient (Wildman–Crippen LogP) is 1.80. The molecular weight excluding hydrogens is 216 g/mol. The van der Waals surface area contributed by atoms with Crippen molar-refractivity contribution < 1.29 is 4.42 Å². The van der Waals surface area contributed by atoms with Gasteiger partial charge in [0.15, 0.2) is 0 Å². The average Bonchev–Trinajstić information content (AvgIpc) is 2.94. The fourth-order valence-corrected chi connectivity index (χ4v) is 2.39. The van der Waals surface area contributed by atoms with Gasteiger partial charge < -0.3 is 14.6 Å². The van der Waals surface area contributed by atoms with E-state index in [0.717, 1.165) is 13.1 Å². The van der Waals surface area contributed by atoms with E-state index in [1.165, 1.54) is 12.8 Å². The number of nitrogens with one attached hydrogen (secondary N) is 1. The van der Waals surface area contributed by atoms with Crippen LogP contribution in [-0.2, 0) is 6.54 Å². The predicted molar refractivity (Wildman–Crippen MR) is 66.9 cm³/mol. The first-order valence-corrected chi connectivity index (χ1v) is 6.52. The van der Waals surface area contributed by atoms with Crippen molar-refractivity contribution in [2.24, 2.45) is 5.92 Å². The molecule has 17 heavy (non-hydrogen) atoms. The second-order valence-electron chi connectivity index (χ2n) is 4.91. The molecule has 0 radical (unpaired) electrons. The van der Waals surface area contributed by atoms with Gasteiger partial charge >= 0.3 is 6.01 Å². The van der Waals surface area contributed by atoms with Crippen molar-refractivity contribution in [1.29, 1.82) is 0 Å². The van der Waals surface area contributed by atoms with Gasteiger partial charge in [-0.25, -0.2) is 0 Å². The maximum atomic E-state index is 5.69. The molecule has 0 amide bonds. The van der Waals surface area contributed by atoms with Crippen LogP contribution in [0, 0.1) is 5.92 Å².